The highest BCUT2D eigenvalue weighted by molar-refractivity contribution is 7.92. The summed E-state index contributed by atoms with van der Waals surface area (Å²) in [6.07, 6.45) is 1.61. The summed E-state index contributed by atoms with van der Waals surface area (Å²) in [7, 11) is -2.82. The van der Waals surface area contributed by atoms with Crippen molar-refractivity contribution in [3.8, 4) is 5.75 Å². The molecule has 0 N–H and O–H groups in total. The van der Waals surface area contributed by atoms with Crippen LogP contribution in [0.5, 0.6) is 5.75 Å². The van der Waals surface area contributed by atoms with Gasteiger partial charge in [-0.1, -0.05) is 24.3 Å². The molecule has 4 rings (SSSR count). The lowest BCUT2D eigenvalue weighted by Crippen LogP contribution is -2.45. The number of ether oxygens (including phenoxy) is 1. The molecule has 0 radical (unpaired) electrons. The maximum absolute atomic E-state index is 13.7. The molecule has 0 fully saturated rings. The van der Waals surface area contributed by atoms with Crippen LogP contribution in [0.15, 0.2) is 71.6 Å². The van der Waals surface area contributed by atoms with Crippen LogP contribution >= 0.6 is 0 Å². The summed E-state index contributed by atoms with van der Waals surface area (Å²) in [4.78, 5) is 25.6. The standard InChI is InChI=1S/C25H25N3O6S/c1-18-9-14-22(16-24(18)28(30)31)35(32,33)27(20-10-12-21(34-2)13-11-20)17-25(29)26-15-5-7-19-6-3-4-8-23(19)26/h3-4,6,8-14,16H,5,7,15,17H2,1-2H3. The van der Waals surface area contributed by atoms with Gasteiger partial charge in [0.1, 0.15) is 12.3 Å². The Morgan fingerprint density at radius 1 is 1.11 bits per heavy atom. The second-order valence-corrected chi connectivity index (χ2v) is 10.1. The van der Waals surface area contributed by atoms with Crippen LogP contribution in [0.25, 0.3) is 0 Å². The second kappa shape index (κ2) is 9.75. The Bertz CT molecular complexity index is 1370. The molecule has 1 heterocycles. The smallest absolute Gasteiger partial charge is 0.273 e. The SMILES string of the molecule is COc1ccc(N(CC(=O)N2CCCc3ccccc32)S(=O)(=O)c2ccc(C)c([N+](=O)[O-])c2)cc1. The first-order valence-electron chi connectivity index (χ1n) is 11.0. The van der Waals surface area contributed by atoms with E-state index in [1.807, 2.05) is 24.3 Å². The van der Waals surface area contributed by atoms with Crippen LogP contribution in [0.1, 0.15) is 17.5 Å². The molecule has 1 amide bonds. The number of hydrogen-bond donors (Lipinski definition) is 0. The number of benzene rings is 3. The molecular formula is C25H25N3O6S. The predicted molar refractivity (Wildman–Crippen MR) is 132 cm³/mol. The van der Waals surface area contributed by atoms with Gasteiger partial charge in [0.05, 0.1) is 22.6 Å². The Balaban J connectivity index is 1.76. The third-order valence-electron chi connectivity index (χ3n) is 6.02. The average molecular weight is 496 g/mol. The van der Waals surface area contributed by atoms with Crippen LogP contribution < -0.4 is 13.9 Å². The molecule has 9 nitrogen and oxygen atoms in total. The minimum Gasteiger partial charge on any atom is -0.497 e. The van der Waals surface area contributed by atoms with E-state index in [0.29, 0.717) is 17.9 Å². The number of sulfonamides is 1. The van der Waals surface area contributed by atoms with Gasteiger partial charge in [-0.2, -0.15) is 0 Å². The lowest BCUT2D eigenvalue weighted by Gasteiger charge is -2.32. The Labute approximate surface area is 203 Å². The maximum Gasteiger partial charge on any atom is 0.273 e. The molecule has 0 spiro atoms. The molecule has 3 aromatic rings. The van der Waals surface area contributed by atoms with E-state index < -0.39 is 27.4 Å². The van der Waals surface area contributed by atoms with Gasteiger partial charge >= 0.3 is 0 Å². The summed E-state index contributed by atoms with van der Waals surface area (Å²) >= 11 is 0. The summed E-state index contributed by atoms with van der Waals surface area (Å²) in [5.41, 5.74) is 2.07. The van der Waals surface area contributed by atoms with Crippen LogP contribution in [-0.2, 0) is 21.2 Å². The van der Waals surface area contributed by atoms with E-state index in [1.165, 1.54) is 38.3 Å². The molecule has 0 aliphatic carbocycles. The molecule has 10 heteroatoms. The normalized spacial score (nSPS) is 13.1. The Kier molecular flexibility index (Phi) is 6.74. The molecular weight excluding hydrogens is 470 g/mol. The summed E-state index contributed by atoms with van der Waals surface area (Å²) < 4.78 is 33.6. The maximum atomic E-state index is 13.7. The van der Waals surface area contributed by atoms with Crippen LogP contribution in [-0.4, -0.2) is 39.4 Å². The number of nitrogens with zero attached hydrogens (tertiary/aromatic N) is 3. The van der Waals surface area contributed by atoms with Crippen molar-refractivity contribution in [1.29, 1.82) is 0 Å². The summed E-state index contributed by atoms with van der Waals surface area (Å²) in [5.74, 6) is 0.131. The zero-order chi connectivity index (χ0) is 25.2. The third-order valence-corrected chi connectivity index (χ3v) is 7.79. The van der Waals surface area contributed by atoms with Crippen molar-refractivity contribution >= 4 is 33.0 Å². The molecule has 0 aromatic heterocycles. The average Bonchev–Trinajstić information content (AvgIpc) is 2.86. The van der Waals surface area contributed by atoms with E-state index in [9.17, 15) is 23.3 Å². The zero-order valence-corrected chi connectivity index (χ0v) is 20.2. The fraction of sp³-hybridized carbons (Fsp3) is 0.240. The minimum atomic E-state index is -4.32. The van der Waals surface area contributed by atoms with E-state index in [-0.39, 0.29) is 16.3 Å². The number of hydrogen-bond acceptors (Lipinski definition) is 6. The number of carbonyl (C=O) groups is 1. The zero-order valence-electron chi connectivity index (χ0n) is 19.4. The van der Waals surface area contributed by atoms with E-state index in [4.69, 9.17) is 4.74 Å². The van der Waals surface area contributed by atoms with Gasteiger partial charge in [0.2, 0.25) is 5.91 Å². The van der Waals surface area contributed by atoms with Gasteiger partial charge in [0, 0.05) is 23.9 Å². The number of anilines is 2. The van der Waals surface area contributed by atoms with Gasteiger partial charge < -0.3 is 9.64 Å². The van der Waals surface area contributed by atoms with Gasteiger partial charge in [-0.25, -0.2) is 8.42 Å². The summed E-state index contributed by atoms with van der Waals surface area (Å²) in [5, 5.41) is 11.4. The van der Waals surface area contributed by atoms with E-state index in [1.54, 1.807) is 17.0 Å². The first-order valence-corrected chi connectivity index (χ1v) is 12.5. The number of para-hydroxylation sites is 1. The van der Waals surface area contributed by atoms with Gasteiger partial charge in [0.25, 0.3) is 15.7 Å². The van der Waals surface area contributed by atoms with Crippen LogP contribution in [0.2, 0.25) is 0 Å². The number of methoxy groups -OCH3 is 1. The highest BCUT2D eigenvalue weighted by atomic mass is 32.2. The van der Waals surface area contributed by atoms with Crippen LogP contribution in [0.3, 0.4) is 0 Å². The number of rotatable bonds is 7. The fourth-order valence-electron chi connectivity index (χ4n) is 4.14. The third kappa shape index (κ3) is 4.83. The van der Waals surface area contributed by atoms with Crippen molar-refractivity contribution in [2.24, 2.45) is 0 Å². The monoisotopic (exact) mass is 495 g/mol. The van der Waals surface area contributed by atoms with Crippen LogP contribution in [0, 0.1) is 17.0 Å². The van der Waals surface area contributed by atoms with Crippen molar-refractivity contribution in [2.45, 2.75) is 24.7 Å². The van der Waals surface area contributed by atoms with Crippen LogP contribution in [0.4, 0.5) is 17.1 Å². The van der Waals surface area contributed by atoms with Gasteiger partial charge in [-0.3, -0.25) is 19.2 Å². The number of nitro benzene ring substituents is 1. The van der Waals surface area contributed by atoms with E-state index >= 15 is 0 Å². The Morgan fingerprint density at radius 3 is 2.51 bits per heavy atom. The highest BCUT2D eigenvalue weighted by Gasteiger charge is 2.32. The van der Waals surface area contributed by atoms with Crippen molar-refractivity contribution in [2.75, 3.05) is 29.4 Å². The fourth-order valence-corrected chi connectivity index (χ4v) is 5.57. The van der Waals surface area contributed by atoms with Crippen molar-refractivity contribution in [1.82, 2.24) is 0 Å². The largest absolute Gasteiger partial charge is 0.497 e. The molecule has 0 bridgehead atoms. The second-order valence-electron chi connectivity index (χ2n) is 8.19. The molecule has 0 atom stereocenters. The van der Waals surface area contributed by atoms with Gasteiger partial charge in [-0.05, 0) is 61.7 Å². The lowest BCUT2D eigenvalue weighted by molar-refractivity contribution is -0.385. The molecule has 1 aliphatic rings. The lowest BCUT2D eigenvalue weighted by atomic mass is 10.0. The van der Waals surface area contributed by atoms with Gasteiger partial charge in [0.15, 0.2) is 0 Å². The first-order chi connectivity index (χ1) is 16.7. The number of aryl methyl sites for hydroxylation is 2. The predicted octanol–water partition coefficient (Wildman–Crippen LogP) is 4.09. The number of amides is 1. The quantitative estimate of drug-likeness (QED) is 0.361. The summed E-state index contributed by atoms with van der Waals surface area (Å²) in [6, 6.07) is 17.6. The Hall–Kier alpha value is -3.92. The molecule has 3 aromatic carbocycles. The molecule has 1 aliphatic heterocycles. The van der Waals surface area contributed by atoms with Crippen molar-refractivity contribution in [3.05, 3.63) is 88.0 Å². The number of fused-ring (bicyclic) bond motifs is 1. The summed E-state index contributed by atoms with van der Waals surface area (Å²) in [6.45, 7) is 1.54. The first kappa shape index (κ1) is 24.2. The minimum absolute atomic E-state index is 0.243. The molecule has 35 heavy (non-hydrogen) atoms. The molecule has 0 saturated heterocycles. The molecule has 0 unspecified atom stereocenters. The van der Waals surface area contributed by atoms with E-state index in [0.717, 1.165) is 34.5 Å². The molecule has 0 saturated carbocycles. The van der Waals surface area contributed by atoms with Crippen molar-refractivity contribution < 1.29 is 22.9 Å². The number of carbonyl (C=O) groups excluding carboxylic acids is 1. The highest BCUT2D eigenvalue weighted by Crippen LogP contribution is 2.31. The van der Waals surface area contributed by atoms with Gasteiger partial charge in [-0.15, -0.1) is 0 Å². The topological polar surface area (TPSA) is 110 Å². The number of nitro groups is 1. The Morgan fingerprint density at radius 2 is 1.83 bits per heavy atom. The van der Waals surface area contributed by atoms with E-state index in [2.05, 4.69) is 0 Å². The van der Waals surface area contributed by atoms with Crippen molar-refractivity contribution in [3.63, 3.8) is 0 Å². The molecule has 182 valence electrons.